The lowest BCUT2D eigenvalue weighted by molar-refractivity contribution is -0.333. The Morgan fingerprint density at radius 1 is 0.913 bits per heavy atom. The lowest BCUT2D eigenvalue weighted by Gasteiger charge is -2.65. The van der Waals surface area contributed by atoms with E-state index in [9.17, 15) is 19.6 Å². The third-order valence-corrected chi connectivity index (χ3v) is 10.6. The van der Waals surface area contributed by atoms with E-state index < -0.39 is 46.4 Å². The van der Waals surface area contributed by atoms with Gasteiger partial charge in [-0.2, -0.15) is 5.26 Å². The Morgan fingerprint density at radius 2 is 1.43 bits per heavy atom. The van der Waals surface area contributed by atoms with Crippen molar-refractivity contribution in [2.45, 2.75) is 135 Å². The summed E-state index contributed by atoms with van der Waals surface area (Å²) in [5.41, 5.74) is -1.63. The van der Waals surface area contributed by atoms with Gasteiger partial charge in [0.2, 0.25) is 0 Å². The second-order valence-electron chi connectivity index (χ2n) is 14.4. The molecule has 9 atom stereocenters. The number of fused-ring (bicyclic) bond motifs is 1. The normalized spacial score (nSPS) is 40.3. The maximum absolute atomic E-state index is 12.4. The van der Waals surface area contributed by atoms with Gasteiger partial charge in [0.25, 0.3) is 0 Å². The Balaban J connectivity index is 0.000000198. The molecule has 0 N–H and O–H groups in total. The lowest BCUT2D eigenvalue weighted by atomic mass is 9.50. The van der Waals surface area contributed by atoms with Crippen LogP contribution in [-0.4, -0.2) is 72.7 Å². The Labute approximate surface area is 271 Å². The topological polar surface area (TPSA) is 140 Å². The molecule has 1 heterocycles. The summed E-state index contributed by atoms with van der Waals surface area (Å²) in [5.74, 6) is -0.925. The van der Waals surface area contributed by atoms with E-state index in [1.807, 2.05) is 27.7 Å². The zero-order valence-electron chi connectivity index (χ0n) is 28.1. The Morgan fingerprint density at radius 3 is 1.93 bits per heavy atom. The van der Waals surface area contributed by atoms with Gasteiger partial charge in [-0.1, -0.05) is 13.2 Å². The van der Waals surface area contributed by atoms with E-state index in [1.165, 1.54) is 0 Å². The van der Waals surface area contributed by atoms with Crippen molar-refractivity contribution in [1.82, 2.24) is 0 Å². The maximum Gasteiger partial charge on any atom is 0.333 e. The number of hydrogen-bond donors (Lipinski definition) is 0. The molecule has 0 aromatic rings. The highest BCUT2D eigenvalue weighted by Crippen LogP contribution is 2.64. The van der Waals surface area contributed by atoms with E-state index in [2.05, 4.69) is 19.2 Å². The van der Waals surface area contributed by atoms with Crippen molar-refractivity contribution >= 4 is 17.9 Å². The van der Waals surface area contributed by atoms with E-state index in [0.717, 1.165) is 32.1 Å². The maximum atomic E-state index is 12.4. The number of carbonyl (C=O) groups excluding carboxylic acids is 3. The van der Waals surface area contributed by atoms with Crippen molar-refractivity contribution in [1.29, 1.82) is 5.26 Å². The molecular formula is C35H49NO10. The molecule has 0 aromatic carbocycles. The number of rotatable bonds is 12. The average Bonchev–Trinajstić information content (AvgIpc) is 3.54. The standard InChI is InChI=1S/C22H36O6.C13H13NO4/c1-7-24-16(5)26-20-9-18-10-21(12-20,27-17(6)25-8-2)14-22(11-18,13-20)28-19(23)15(3)4;1-6(2)11(15)17-9-7-3-8-10(9)18-12(16)13(8,4-7)5-14/h16-18H,3,7-14H2,1-2,4-6H3;7-10H,1,3-4H2,2H3. The third-order valence-electron chi connectivity index (χ3n) is 10.6. The van der Waals surface area contributed by atoms with Crippen LogP contribution in [0.1, 0.15) is 92.9 Å². The number of esters is 3. The van der Waals surface area contributed by atoms with E-state index in [1.54, 1.807) is 13.8 Å². The van der Waals surface area contributed by atoms with Gasteiger partial charge in [0.15, 0.2) is 18.0 Å². The zero-order chi connectivity index (χ0) is 33.7. The summed E-state index contributed by atoms with van der Waals surface area (Å²) in [4.78, 5) is 35.8. The van der Waals surface area contributed by atoms with E-state index in [0.29, 0.717) is 49.5 Å². The molecule has 11 heteroatoms. The highest BCUT2D eigenvalue weighted by molar-refractivity contribution is 5.88. The molecule has 0 radical (unpaired) electrons. The van der Waals surface area contributed by atoms with Gasteiger partial charge in [-0.25, -0.2) is 9.59 Å². The van der Waals surface area contributed by atoms with Crippen LogP contribution in [0.15, 0.2) is 24.3 Å². The van der Waals surface area contributed by atoms with Crippen molar-refractivity contribution in [3.8, 4) is 6.07 Å². The van der Waals surface area contributed by atoms with Crippen LogP contribution < -0.4 is 0 Å². The van der Waals surface area contributed by atoms with Crippen LogP contribution in [0, 0.1) is 34.5 Å². The predicted octanol–water partition coefficient (Wildman–Crippen LogP) is 5.07. The predicted molar refractivity (Wildman–Crippen MR) is 163 cm³/mol. The molecule has 1 aliphatic heterocycles. The van der Waals surface area contributed by atoms with Gasteiger partial charge in [0.1, 0.15) is 17.8 Å². The summed E-state index contributed by atoms with van der Waals surface area (Å²) in [7, 11) is 0. The van der Waals surface area contributed by atoms with Crippen molar-refractivity contribution in [3.05, 3.63) is 24.3 Å². The molecule has 6 aliphatic carbocycles. The largest absolute Gasteiger partial charge is 0.457 e. The molecule has 6 saturated carbocycles. The third kappa shape index (κ3) is 6.26. The molecule has 7 rings (SSSR count). The minimum Gasteiger partial charge on any atom is -0.457 e. The van der Waals surface area contributed by atoms with Crippen LogP contribution in [-0.2, 0) is 47.5 Å². The number of ether oxygens (including phenoxy) is 7. The SMILES string of the molecule is C=C(C)C(=O)OC12CC3CC(OC(C)OCC)(C1)CC(OC(C)OCC)(C3)C2.C=C(C)C(=O)OC1C2CC3C1OC(=O)C3(C#N)C2. The smallest absolute Gasteiger partial charge is 0.333 e. The minimum absolute atomic E-state index is 0.0504. The second-order valence-corrected chi connectivity index (χ2v) is 14.4. The molecule has 6 bridgehead atoms. The number of carbonyl (C=O) groups is 3. The molecule has 46 heavy (non-hydrogen) atoms. The molecule has 254 valence electrons. The molecule has 9 unspecified atom stereocenters. The molecule has 11 nitrogen and oxygen atoms in total. The summed E-state index contributed by atoms with van der Waals surface area (Å²) in [6.07, 6.45) is 4.58. The summed E-state index contributed by atoms with van der Waals surface area (Å²) in [6, 6.07) is 2.11. The molecule has 0 amide bonds. The monoisotopic (exact) mass is 643 g/mol. The average molecular weight is 644 g/mol. The fourth-order valence-corrected chi connectivity index (χ4v) is 9.59. The molecule has 0 aromatic heterocycles. The van der Waals surface area contributed by atoms with Gasteiger partial charge in [0, 0.05) is 55.5 Å². The number of hydrogen-bond acceptors (Lipinski definition) is 11. The lowest BCUT2D eigenvalue weighted by Crippen LogP contribution is -2.69. The fraction of sp³-hybridized carbons (Fsp3) is 0.771. The van der Waals surface area contributed by atoms with Gasteiger partial charge < -0.3 is 33.2 Å². The quantitative estimate of drug-likeness (QED) is 0.122. The van der Waals surface area contributed by atoms with Crippen molar-refractivity contribution in [2.75, 3.05) is 13.2 Å². The Hall–Kier alpha value is -2.78. The summed E-state index contributed by atoms with van der Waals surface area (Å²) in [6.45, 7) is 19.5. The second kappa shape index (κ2) is 12.7. The molecule has 7 fully saturated rings. The molecule has 7 aliphatic rings. The molecular weight excluding hydrogens is 594 g/mol. The van der Waals surface area contributed by atoms with Gasteiger partial charge in [0.05, 0.1) is 17.3 Å². The van der Waals surface area contributed by atoms with Gasteiger partial charge >= 0.3 is 17.9 Å². The summed E-state index contributed by atoms with van der Waals surface area (Å²) >= 11 is 0. The van der Waals surface area contributed by atoms with Crippen molar-refractivity contribution in [3.63, 3.8) is 0 Å². The zero-order valence-corrected chi connectivity index (χ0v) is 28.1. The highest BCUT2D eigenvalue weighted by Gasteiger charge is 2.72. The highest BCUT2D eigenvalue weighted by atomic mass is 16.7. The number of nitriles is 1. The van der Waals surface area contributed by atoms with Crippen LogP contribution in [0.5, 0.6) is 0 Å². The first kappa shape index (κ1) is 34.6. The van der Waals surface area contributed by atoms with Crippen molar-refractivity contribution < 1.29 is 47.5 Å². The first-order chi connectivity index (χ1) is 21.6. The fourth-order valence-electron chi connectivity index (χ4n) is 9.59. The summed E-state index contributed by atoms with van der Waals surface area (Å²) < 4.78 is 41.0. The Bertz CT molecular complexity index is 1270. The summed E-state index contributed by atoms with van der Waals surface area (Å²) in [5, 5.41) is 9.22. The van der Waals surface area contributed by atoms with E-state index in [4.69, 9.17) is 33.2 Å². The first-order valence-corrected chi connectivity index (χ1v) is 16.6. The van der Waals surface area contributed by atoms with Crippen LogP contribution in [0.4, 0.5) is 0 Å². The first-order valence-electron chi connectivity index (χ1n) is 16.6. The van der Waals surface area contributed by atoms with Crippen LogP contribution in [0.25, 0.3) is 0 Å². The van der Waals surface area contributed by atoms with Crippen molar-refractivity contribution in [2.24, 2.45) is 23.2 Å². The van der Waals surface area contributed by atoms with Crippen LogP contribution in [0.3, 0.4) is 0 Å². The van der Waals surface area contributed by atoms with Gasteiger partial charge in [-0.15, -0.1) is 0 Å². The van der Waals surface area contributed by atoms with Gasteiger partial charge in [-0.05, 0) is 79.6 Å². The van der Waals surface area contributed by atoms with Gasteiger partial charge in [-0.3, -0.25) is 4.79 Å². The molecule has 1 saturated heterocycles. The van der Waals surface area contributed by atoms with Crippen LogP contribution in [0.2, 0.25) is 0 Å². The van der Waals surface area contributed by atoms with Crippen LogP contribution >= 0.6 is 0 Å². The minimum atomic E-state index is -0.985. The number of nitrogens with zero attached hydrogens (tertiary/aromatic N) is 1. The van der Waals surface area contributed by atoms with E-state index >= 15 is 0 Å². The molecule has 0 spiro atoms. The Kier molecular flexibility index (Phi) is 9.52. The van der Waals surface area contributed by atoms with E-state index in [-0.39, 0.29) is 30.4 Å².